The summed E-state index contributed by atoms with van der Waals surface area (Å²) < 4.78 is 0. The molecule has 0 saturated carbocycles. The highest BCUT2D eigenvalue weighted by molar-refractivity contribution is 6.43. The van der Waals surface area contributed by atoms with Crippen LogP contribution >= 0.6 is 34.8 Å². The molecule has 80 valence electrons. The molecule has 2 aromatic rings. The van der Waals surface area contributed by atoms with E-state index in [1.165, 1.54) is 0 Å². The second kappa shape index (κ2) is 4.39. The lowest BCUT2D eigenvalue weighted by Crippen LogP contribution is -1.82. The molecule has 1 heterocycles. The minimum absolute atomic E-state index is 0.221. The molecule has 1 aromatic heterocycles. The lowest BCUT2D eigenvalue weighted by molar-refractivity contribution is 1.39. The van der Waals surface area contributed by atoms with Crippen LogP contribution in [0.4, 0.5) is 0 Å². The molecule has 0 aliphatic carbocycles. The fraction of sp³-hybridized carbons (Fsp3) is 0. The Bertz CT molecular complexity index is 581. The quantitative estimate of drug-likeness (QED) is 0.814. The van der Waals surface area contributed by atoms with Crippen molar-refractivity contribution in [3.8, 4) is 17.3 Å². The Morgan fingerprint density at radius 1 is 1.12 bits per heavy atom. The third-order valence-corrected chi connectivity index (χ3v) is 3.24. The second-order valence-electron chi connectivity index (χ2n) is 3.09. The molecule has 16 heavy (non-hydrogen) atoms. The van der Waals surface area contributed by atoms with Crippen LogP contribution in [0.5, 0.6) is 0 Å². The molecule has 0 bridgehead atoms. The van der Waals surface area contributed by atoms with Crippen LogP contribution in [0.3, 0.4) is 0 Å². The van der Waals surface area contributed by atoms with Gasteiger partial charge in [-0.05, 0) is 6.07 Å². The molecule has 0 aliphatic heterocycles. The van der Waals surface area contributed by atoms with Crippen LogP contribution in [-0.2, 0) is 0 Å². The summed E-state index contributed by atoms with van der Waals surface area (Å²) in [7, 11) is 0. The van der Waals surface area contributed by atoms with Crippen molar-refractivity contribution in [3.05, 3.63) is 45.0 Å². The third-order valence-electron chi connectivity index (χ3n) is 2.15. The first kappa shape index (κ1) is 11.3. The van der Waals surface area contributed by atoms with Crippen LogP contribution in [0.15, 0.2) is 24.3 Å². The van der Waals surface area contributed by atoms with E-state index in [-0.39, 0.29) is 10.2 Å². The summed E-state index contributed by atoms with van der Waals surface area (Å²) in [5.74, 6) is 0. The van der Waals surface area contributed by atoms with Crippen LogP contribution < -0.4 is 0 Å². The molecule has 0 spiro atoms. The smallest absolute Gasteiger partial charge is 0.127 e. The minimum Gasteiger partial charge on any atom is -0.343 e. The number of H-pyrrole nitrogens is 1. The number of aromatic nitrogens is 1. The van der Waals surface area contributed by atoms with Crippen molar-refractivity contribution < 1.29 is 0 Å². The van der Waals surface area contributed by atoms with Gasteiger partial charge in [0.25, 0.3) is 0 Å². The summed E-state index contributed by atoms with van der Waals surface area (Å²) >= 11 is 17.8. The normalized spacial score (nSPS) is 10.1. The first-order chi connectivity index (χ1) is 7.65. The number of nitriles is 1. The fourth-order valence-electron chi connectivity index (χ4n) is 1.42. The standard InChI is InChI=1S/C11H5Cl3N2/c12-8-4-2-1-3-6(8)10-7(5-15)9(13)11(14)16-10/h1-4,16H. The molecule has 0 saturated heterocycles. The van der Waals surface area contributed by atoms with Gasteiger partial charge in [0.05, 0.1) is 16.3 Å². The zero-order chi connectivity index (χ0) is 11.7. The summed E-state index contributed by atoms with van der Waals surface area (Å²) in [5.41, 5.74) is 1.55. The molecule has 0 atom stereocenters. The molecule has 5 heteroatoms. The van der Waals surface area contributed by atoms with Crippen molar-refractivity contribution in [1.82, 2.24) is 4.98 Å². The van der Waals surface area contributed by atoms with Crippen molar-refractivity contribution in [2.75, 3.05) is 0 Å². The molecule has 0 amide bonds. The van der Waals surface area contributed by atoms with Crippen LogP contribution in [0, 0.1) is 11.3 Å². The monoisotopic (exact) mass is 270 g/mol. The van der Waals surface area contributed by atoms with Crippen LogP contribution in [-0.4, -0.2) is 4.98 Å². The van der Waals surface area contributed by atoms with Crippen LogP contribution in [0.2, 0.25) is 15.2 Å². The van der Waals surface area contributed by atoms with Crippen molar-refractivity contribution in [3.63, 3.8) is 0 Å². The summed E-state index contributed by atoms with van der Waals surface area (Å²) in [5, 5.41) is 10.0. The third kappa shape index (κ3) is 1.78. The summed E-state index contributed by atoms with van der Waals surface area (Å²) in [6.45, 7) is 0. The Morgan fingerprint density at radius 2 is 1.81 bits per heavy atom. The van der Waals surface area contributed by atoms with E-state index in [1.807, 2.05) is 18.2 Å². The van der Waals surface area contributed by atoms with Gasteiger partial charge in [0.2, 0.25) is 0 Å². The summed E-state index contributed by atoms with van der Waals surface area (Å²) in [6, 6.07) is 9.17. The minimum atomic E-state index is 0.221. The Labute approximate surface area is 107 Å². The number of nitrogens with zero attached hydrogens (tertiary/aromatic N) is 1. The van der Waals surface area contributed by atoms with E-state index < -0.39 is 0 Å². The summed E-state index contributed by atoms with van der Waals surface area (Å²) in [4.78, 5) is 2.85. The van der Waals surface area contributed by atoms with Gasteiger partial charge < -0.3 is 4.98 Å². The van der Waals surface area contributed by atoms with Crippen molar-refractivity contribution in [2.24, 2.45) is 0 Å². The number of hydrogen-bond donors (Lipinski definition) is 1. The van der Waals surface area contributed by atoms with Gasteiger partial charge in [-0.2, -0.15) is 5.26 Å². The number of rotatable bonds is 1. The zero-order valence-corrected chi connectivity index (χ0v) is 10.2. The number of benzene rings is 1. The Hall–Kier alpha value is -1.14. The highest BCUT2D eigenvalue weighted by Crippen LogP contribution is 2.36. The van der Waals surface area contributed by atoms with Crippen molar-refractivity contribution >= 4 is 34.8 Å². The topological polar surface area (TPSA) is 39.6 Å². The Balaban J connectivity index is 2.71. The van der Waals surface area contributed by atoms with E-state index >= 15 is 0 Å². The molecule has 2 nitrogen and oxygen atoms in total. The molecular weight excluding hydrogens is 266 g/mol. The lowest BCUT2D eigenvalue weighted by atomic mass is 10.1. The van der Waals surface area contributed by atoms with Gasteiger partial charge in [-0.25, -0.2) is 0 Å². The Morgan fingerprint density at radius 3 is 2.44 bits per heavy atom. The number of hydrogen-bond acceptors (Lipinski definition) is 1. The second-order valence-corrected chi connectivity index (χ2v) is 4.26. The highest BCUT2D eigenvalue weighted by atomic mass is 35.5. The predicted molar refractivity (Wildman–Crippen MR) is 66.0 cm³/mol. The SMILES string of the molecule is N#Cc1c(-c2ccccc2Cl)[nH]c(Cl)c1Cl. The lowest BCUT2D eigenvalue weighted by Gasteiger charge is -2.01. The van der Waals surface area contributed by atoms with Gasteiger partial charge in [0, 0.05) is 10.6 Å². The molecule has 0 unspecified atom stereocenters. The van der Waals surface area contributed by atoms with Crippen molar-refractivity contribution in [1.29, 1.82) is 5.26 Å². The van der Waals surface area contributed by atoms with Gasteiger partial charge >= 0.3 is 0 Å². The maximum absolute atomic E-state index is 9.01. The summed E-state index contributed by atoms with van der Waals surface area (Å²) in [6.07, 6.45) is 0. The zero-order valence-electron chi connectivity index (χ0n) is 7.89. The van der Waals surface area contributed by atoms with E-state index in [0.29, 0.717) is 21.8 Å². The van der Waals surface area contributed by atoms with Gasteiger partial charge in [0.15, 0.2) is 0 Å². The molecule has 1 aromatic carbocycles. The van der Waals surface area contributed by atoms with Gasteiger partial charge in [-0.3, -0.25) is 0 Å². The Kier molecular flexibility index (Phi) is 3.11. The molecule has 0 radical (unpaired) electrons. The van der Waals surface area contributed by atoms with E-state index in [1.54, 1.807) is 12.1 Å². The van der Waals surface area contributed by atoms with Crippen molar-refractivity contribution in [2.45, 2.75) is 0 Å². The first-order valence-corrected chi connectivity index (χ1v) is 5.50. The maximum atomic E-state index is 9.01. The molecule has 0 aliphatic rings. The van der Waals surface area contributed by atoms with Gasteiger partial charge in [-0.1, -0.05) is 53.0 Å². The van der Waals surface area contributed by atoms with Gasteiger partial charge in [0.1, 0.15) is 11.2 Å². The van der Waals surface area contributed by atoms with E-state index in [4.69, 9.17) is 40.1 Å². The first-order valence-electron chi connectivity index (χ1n) is 4.37. The average molecular weight is 272 g/mol. The molecule has 0 fully saturated rings. The maximum Gasteiger partial charge on any atom is 0.127 e. The average Bonchev–Trinajstić information content (AvgIpc) is 2.56. The number of nitrogens with one attached hydrogen (secondary N) is 1. The van der Waals surface area contributed by atoms with Crippen LogP contribution in [0.25, 0.3) is 11.3 Å². The molecule has 1 N–H and O–H groups in total. The number of halogens is 3. The largest absolute Gasteiger partial charge is 0.343 e. The molecule has 2 rings (SSSR count). The van der Waals surface area contributed by atoms with E-state index in [2.05, 4.69) is 4.98 Å². The number of aromatic amines is 1. The van der Waals surface area contributed by atoms with E-state index in [0.717, 1.165) is 0 Å². The van der Waals surface area contributed by atoms with Gasteiger partial charge in [-0.15, -0.1) is 0 Å². The predicted octanol–water partition coefficient (Wildman–Crippen LogP) is 4.51. The van der Waals surface area contributed by atoms with E-state index in [9.17, 15) is 0 Å². The fourth-order valence-corrected chi connectivity index (χ4v) is 2.02. The molecular formula is C11H5Cl3N2. The van der Waals surface area contributed by atoms with Crippen LogP contribution in [0.1, 0.15) is 5.56 Å². The highest BCUT2D eigenvalue weighted by Gasteiger charge is 2.17.